The number of nitrogens with one attached hydrogen (secondary N) is 1. The first-order chi connectivity index (χ1) is 15.5. The fourth-order valence-electron chi connectivity index (χ4n) is 2.99. The number of nitrogens with zero attached hydrogens (tertiary/aromatic N) is 3. The van der Waals surface area contributed by atoms with Gasteiger partial charge in [0.25, 0.3) is 5.91 Å². The van der Waals surface area contributed by atoms with E-state index in [1.54, 1.807) is 61.4 Å². The number of amides is 1. The number of rotatable bonds is 8. The summed E-state index contributed by atoms with van der Waals surface area (Å²) >= 11 is 0. The van der Waals surface area contributed by atoms with Crippen LogP contribution in [0.3, 0.4) is 0 Å². The summed E-state index contributed by atoms with van der Waals surface area (Å²) in [4.78, 5) is 16.9. The average molecular weight is 436 g/mol. The van der Waals surface area contributed by atoms with E-state index < -0.39 is 0 Å². The van der Waals surface area contributed by atoms with Gasteiger partial charge in [-0.3, -0.25) is 4.79 Å². The van der Waals surface area contributed by atoms with Gasteiger partial charge >= 0.3 is 6.01 Å². The molecule has 2 aromatic heterocycles. The van der Waals surface area contributed by atoms with Gasteiger partial charge in [-0.05, 0) is 67.1 Å². The van der Waals surface area contributed by atoms with Crippen LogP contribution in [0.4, 0.5) is 10.1 Å². The van der Waals surface area contributed by atoms with Crippen LogP contribution in [0.1, 0.15) is 15.9 Å². The number of anilines is 1. The number of aromatic nitrogens is 3. The number of hydrogen-bond acceptors (Lipinski definition) is 6. The first kappa shape index (κ1) is 21.3. The number of hydrogen-bond donors (Lipinski definition) is 1. The van der Waals surface area contributed by atoms with Crippen LogP contribution in [0.5, 0.6) is 6.01 Å². The molecule has 0 bridgehead atoms. The molecule has 0 radical (unpaired) electrons. The Morgan fingerprint density at radius 1 is 1.16 bits per heavy atom. The van der Waals surface area contributed by atoms with E-state index in [1.807, 2.05) is 0 Å². The number of methoxy groups -OCH3 is 1. The van der Waals surface area contributed by atoms with Crippen molar-refractivity contribution in [3.05, 3.63) is 77.8 Å². The third kappa shape index (κ3) is 4.68. The van der Waals surface area contributed by atoms with E-state index in [0.717, 1.165) is 0 Å². The predicted molar refractivity (Wildman–Crippen MR) is 116 cm³/mol. The minimum atomic E-state index is -0.350. The number of ether oxygens (including phenoxy) is 2. The molecule has 0 atom stereocenters. The van der Waals surface area contributed by atoms with Gasteiger partial charge < -0.3 is 19.2 Å². The van der Waals surface area contributed by atoms with Crippen LogP contribution >= 0.6 is 0 Å². The molecule has 4 aromatic rings. The lowest BCUT2D eigenvalue weighted by Gasteiger charge is -2.08. The molecule has 2 aromatic carbocycles. The van der Waals surface area contributed by atoms with E-state index in [2.05, 4.69) is 15.4 Å². The Morgan fingerprint density at radius 3 is 2.66 bits per heavy atom. The summed E-state index contributed by atoms with van der Waals surface area (Å²) in [7, 11) is 1.58. The van der Waals surface area contributed by atoms with E-state index in [9.17, 15) is 9.18 Å². The lowest BCUT2D eigenvalue weighted by atomic mass is 10.1. The van der Waals surface area contributed by atoms with Crippen molar-refractivity contribution in [3.63, 3.8) is 0 Å². The third-order valence-corrected chi connectivity index (χ3v) is 4.64. The Morgan fingerprint density at radius 2 is 1.97 bits per heavy atom. The van der Waals surface area contributed by atoms with Crippen LogP contribution in [0.15, 0.2) is 65.3 Å². The molecule has 0 spiro atoms. The molecule has 164 valence electrons. The van der Waals surface area contributed by atoms with Gasteiger partial charge in [0.05, 0.1) is 18.6 Å². The Labute approximate surface area is 183 Å². The van der Waals surface area contributed by atoms with Gasteiger partial charge in [-0.2, -0.15) is 4.98 Å². The fourth-order valence-corrected chi connectivity index (χ4v) is 2.99. The largest absolute Gasteiger partial charge is 0.461 e. The van der Waals surface area contributed by atoms with Crippen LogP contribution in [0.2, 0.25) is 0 Å². The topological polar surface area (TPSA) is 91.4 Å². The molecule has 9 heteroatoms. The SMILES string of the molecule is COCCOc1nc(-c2ccco2)n(-c2ccc(NC(=O)c3ccc(F)c(C)c3)cc2)n1. The molecule has 32 heavy (non-hydrogen) atoms. The molecule has 0 unspecified atom stereocenters. The van der Waals surface area contributed by atoms with Crippen molar-refractivity contribution < 1.29 is 23.1 Å². The summed E-state index contributed by atoms with van der Waals surface area (Å²) in [6.45, 7) is 2.33. The van der Waals surface area contributed by atoms with Gasteiger partial charge in [-0.25, -0.2) is 9.07 Å². The smallest absolute Gasteiger partial charge is 0.336 e. The molecule has 1 amide bonds. The zero-order valence-electron chi connectivity index (χ0n) is 17.5. The minimum absolute atomic E-state index is 0.192. The number of carbonyl (C=O) groups is 1. The molecule has 0 aliphatic heterocycles. The maximum absolute atomic E-state index is 13.5. The van der Waals surface area contributed by atoms with Crippen LogP contribution in [0.25, 0.3) is 17.3 Å². The number of halogens is 1. The van der Waals surface area contributed by atoms with E-state index in [-0.39, 0.29) is 17.7 Å². The van der Waals surface area contributed by atoms with Crippen LogP contribution in [-0.2, 0) is 4.74 Å². The van der Waals surface area contributed by atoms with Gasteiger partial charge in [0, 0.05) is 18.4 Å². The van der Waals surface area contributed by atoms with Crippen molar-refractivity contribution in [3.8, 4) is 23.3 Å². The van der Waals surface area contributed by atoms with Gasteiger partial charge in [0.2, 0.25) is 5.82 Å². The molecule has 0 saturated carbocycles. The molecule has 4 rings (SSSR count). The molecule has 0 saturated heterocycles. The van der Waals surface area contributed by atoms with Crippen molar-refractivity contribution in [1.29, 1.82) is 0 Å². The molecular weight excluding hydrogens is 415 g/mol. The van der Waals surface area contributed by atoms with Crippen molar-refractivity contribution in [1.82, 2.24) is 14.8 Å². The van der Waals surface area contributed by atoms with Crippen molar-refractivity contribution in [2.75, 3.05) is 25.6 Å². The Balaban J connectivity index is 1.55. The lowest BCUT2D eigenvalue weighted by Crippen LogP contribution is -2.12. The van der Waals surface area contributed by atoms with Crippen molar-refractivity contribution in [2.45, 2.75) is 6.92 Å². The van der Waals surface area contributed by atoms with Crippen LogP contribution in [-0.4, -0.2) is 41.0 Å². The second-order valence-electron chi connectivity index (χ2n) is 6.91. The van der Waals surface area contributed by atoms with Gasteiger partial charge in [-0.15, -0.1) is 5.10 Å². The summed E-state index contributed by atoms with van der Waals surface area (Å²) in [5, 5.41) is 7.21. The lowest BCUT2D eigenvalue weighted by molar-refractivity contribution is 0.102. The molecule has 0 aliphatic carbocycles. The number of aryl methyl sites for hydroxylation is 1. The Bertz CT molecular complexity index is 1200. The quantitative estimate of drug-likeness (QED) is 0.415. The van der Waals surface area contributed by atoms with E-state index in [4.69, 9.17) is 13.9 Å². The normalized spacial score (nSPS) is 10.8. The maximum atomic E-state index is 13.5. The zero-order valence-corrected chi connectivity index (χ0v) is 17.5. The van der Waals surface area contributed by atoms with Crippen LogP contribution < -0.4 is 10.1 Å². The highest BCUT2D eigenvalue weighted by Crippen LogP contribution is 2.25. The predicted octanol–water partition coefficient (Wildman–Crippen LogP) is 4.25. The Hall–Kier alpha value is -3.98. The Kier molecular flexibility index (Phi) is 6.27. The highest BCUT2D eigenvalue weighted by Gasteiger charge is 2.17. The number of benzene rings is 2. The van der Waals surface area contributed by atoms with Gasteiger partial charge in [-0.1, -0.05) is 0 Å². The summed E-state index contributed by atoms with van der Waals surface area (Å²) < 4.78 is 31.0. The zero-order chi connectivity index (χ0) is 22.5. The standard InChI is InChI=1S/C23H21FN4O4/c1-15-14-16(5-10-19(15)24)22(29)25-17-6-8-18(9-7-17)28-21(20-4-3-11-31-20)26-23(27-28)32-13-12-30-2/h3-11,14H,12-13H2,1-2H3,(H,25,29). The highest BCUT2D eigenvalue weighted by atomic mass is 19.1. The molecule has 0 aliphatic rings. The average Bonchev–Trinajstić information content (AvgIpc) is 3.46. The number of furan rings is 1. The fraction of sp³-hybridized carbons (Fsp3) is 0.174. The first-order valence-corrected chi connectivity index (χ1v) is 9.86. The molecular formula is C23H21FN4O4. The van der Waals surface area contributed by atoms with Gasteiger partial charge in [0.1, 0.15) is 12.4 Å². The third-order valence-electron chi connectivity index (χ3n) is 4.64. The van der Waals surface area contributed by atoms with Crippen molar-refractivity contribution >= 4 is 11.6 Å². The summed E-state index contributed by atoms with van der Waals surface area (Å²) in [6, 6.07) is 15.0. The van der Waals surface area contributed by atoms with Crippen molar-refractivity contribution in [2.24, 2.45) is 0 Å². The monoisotopic (exact) mass is 436 g/mol. The summed E-state index contributed by atoms with van der Waals surface area (Å²) in [5.41, 5.74) is 2.06. The summed E-state index contributed by atoms with van der Waals surface area (Å²) in [6.07, 6.45) is 1.55. The molecule has 2 heterocycles. The molecule has 8 nitrogen and oxygen atoms in total. The van der Waals surface area contributed by atoms with E-state index >= 15 is 0 Å². The number of carbonyl (C=O) groups excluding carboxylic acids is 1. The van der Waals surface area contributed by atoms with E-state index in [0.29, 0.717) is 47.3 Å². The minimum Gasteiger partial charge on any atom is -0.461 e. The molecule has 0 fully saturated rings. The molecule has 1 N–H and O–H groups in total. The second kappa shape index (κ2) is 9.44. The first-order valence-electron chi connectivity index (χ1n) is 9.86. The maximum Gasteiger partial charge on any atom is 0.336 e. The summed E-state index contributed by atoms with van der Waals surface area (Å²) in [5.74, 6) is 0.326. The highest BCUT2D eigenvalue weighted by molar-refractivity contribution is 6.04. The van der Waals surface area contributed by atoms with E-state index in [1.165, 1.54) is 18.2 Å². The van der Waals surface area contributed by atoms with Gasteiger partial charge in [0.15, 0.2) is 5.76 Å². The second-order valence-corrected chi connectivity index (χ2v) is 6.91. The van der Waals surface area contributed by atoms with Crippen LogP contribution in [0, 0.1) is 12.7 Å².